The SMILES string of the molecule is CCCN1CC=C[C@@H]2O[C@]34C=CCN(c5cc(C)ccc5C)C(=O)C3N([C@@H](CO)CC(C)C)C(=O)[C@@H]4[C@@H]2C1=O. The molecular formula is C31H41N3O5. The van der Waals surface area contributed by atoms with Crippen LogP contribution in [0.5, 0.6) is 0 Å². The number of likely N-dealkylation sites (tertiary alicyclic amines) is 1. The third-order valence-corrected chi connectivity index (χ3v) is 8.68. The minimum atomic E-state index is -1.30. The fraction of sp³-hybridized carbons (Fsp3) is 0.581. The summed E-state index contributed by atoms with van der Waals surface area (Å²) in [5, 5.41) is 10.5. The second-order valence-electron chi connectivity index (χ2n) is 11.9. The van der Waals surface area contributed by atoms with Crippen molar-refractivity contribution in [3.05, 3.63) is 53.6 Å². The first-order valence-electron chi connectivity index (χ1n) is 14.3. The first kappa shape index (κ1) is 27.6. The van der Waals surface area contributed by atoms with E-state index in [4.69, 9.17) is 4.74 Å². The van der Waals surface area contributed by atoms with Gasteiger partial charge in [0.15, 0.2) is 0 Å². The van der Waals surface area contributed by atoms with E-state index in [-0.39, 0.29) is 30.2 Å². The number of ether oxygens (including phenoxy) is 1. The zero-order chi connectivity index (χ0) is 28.1. The number of anilines is 1. The zero-order valence-electron chi connectivity index (χ0n) is 23.7. The Bertz CT molecular complexity index is 1210. The molecule has 210 valence electrons. The molecule has 4 aliphatic rings. The minimum absolute atomic E-state index is 0.108. The van der Waals surface area contributed by atoms with Gasteiger partial charge in [-0.15, -0.1) is 0 Å². The van der Waals surface area contributed by atoms with Gasteiger partial charge in [0, 0.05) is 25.3 Å². The van der Waals surface area contributed by atoms with Crippen LogP contribution in [0, 0.1) is 31.6 Å². The van der Waals surface area contributed by atoms with Crippen LogP contribution in [0.25, 0.3) is 0 Å². The van der Waals surface area contributed by atoms with Gasteiger partial charge in [0.05, 0.1) is 30.6 Å². The van der Waals surface area contributed by atoms with Crippen LogP contribution in [0.2, 0.25) is 0 Å². The summed E-state index contributed by atoms with van der Waals surface area (Å²) in [7, 11) is 0. The first-order valence-corrected chi connectivity index (χ1v) is 14.3. The van der Waals surface area contributed by atoms with E-state index in [1.807, 2.05) is 77.1 Å². The van der Waals surface area contributed by atoms with Gasteiger partial charge in [0.2, 0.25) is 11.8 Å². The highest BCUT2D eigenvalue weighted by Crippen LogP contribution is 2.54. The van der Waals surface area contributed by atoms with Crippen molar-refractivity contribution >= 4 is 23.4 Å². The van der Waals surface area contributed by atoms with Gasteiger partial charge in [-0.2, -0.15) is 0 Å². The maximum absolute atomic E-state index is 14.6. The molecule has 2 fully saturated rings. The summed E-state index contributed by atoms with van der Waals surface area (Å²) in [6, 6.07) is 4.44. The zero-order valence-corrected chi connectivity index (χ0v) is 23.7. The molecular weight excluding hydrogens is 494 g/mol. The molecule has 39 heavy (non-hydrogen) atoms. The number of fused-ring (bicyclic) bond motifs is 2. The summed E-state index contributed by atoms with van der Waals surface area (Å²) in [6.07, 6.45) is 8.35. The molecule has 4 aliphatic heterocycles. The number of aryl methyl sites for hydroxylation is 2. The average Bonchev–Trinajstić information content (AvgIpc) is 3.22. The lowest BCUT2D eigenvalue weighted by atomic mass is 9.77. The molecule has 4 heterocycles. The molecule has 1 spiro atoms. The van der Waals surface area contributed by atoms with E-state index in [1.54, 1.807) is 14.7 Å². The molecule has 8 heteroatoms. The molecule has 5 rings (SSSR count). The summed E-state index contributed by atoms with van der Waals surface area (Å²) in [5.74, 6) is -2.02. The first-order chi connectivity index (χ1) is 18.6. The number of nitrogens with zero attached hydrogens (tertiary/aromatic N) is 3. The Balaban J connectivity index is 1.65. The van der Waals surface area contributed by atoms with Crippen LogP contribution in [-0.2, 0) is 19.1 Å². The lowest BCUT2D eigenvalue weighted by Gasteiger charge is -2.39. The van der Waals surface area contributed by atoms with Crippen molar-refractivity contribution < 1.29 is 24.2 Å². The monoisotopic (exact) mass is 535 g/mol. The van der Waals surface area contributed by atoms with Crippen molar-refractivity contribution in [2.75, 3.05) is 31.1 Å². The molecule has 0 aromatic heterocycles. The second-order valence-corrected chi connectivity index (χ2v) is 11.9. The number of benzene rings is 1. The van der Waals surface area contributed by atoms with Crippen LogP contribution >= 0.6 is 0 Å². The van der Waals surface area contributed by atoms with Crippen molar-refractivity contribution in [3.63, 3.8) is 0 Å². The average molecular weight is 536 g/mol. The highest BCUT2D eigenvalue weighted by atomic mass is 16.5. The molecule has 0 saturated carbocycles. The molecule has 0 bridgehead atoms. The normalized spacial score (nSPS) is 30.9. The number of aliphatic hydroxyl groups excluding tert-OH is 1. The Morgan fingerprint density at radius 2 is 1.85 bits per heavy atom. The van der Waals surface area contributed by atoms with Crippen LogP contribution in [0.1, 0.15) is 44.7 Å². The quantitative estimate of drug-likeness (QED) is 0.542. The molecule has 1 N–H and O–H groups in total. The van der Waals surface area contributed by atoms with Gasteiger partial charge in [0.25, 0.3) is 5.91 Å². The van der Waals surface area contributed by atoms with Gasteiger partial charge < -0.3 is 24.5 Å². The number of hydrogen-bond acceptors (Lipinski definition) is 5. The van der Waals surface area contributed by atoms with Gasteiger partial charge in [0.1, 0.15) is 11.6 Å². The lowest BCUT2D eigenvalue weighted by molar-refractivity contribution is -0.147. The molecule has 1 unspecified atom stereocenters. The molecule has 3 amide bonds. The van der Waals surface area contributed by atoms with Gasteiger partial charge in [-0.1, -0.05) is 57.2 Å². The van der Waals surface area contributed by atoms with Crippen LogP contribution in [0.4, 0.5) is 5.69 Å². The third-order valence-electron chi connectivity index (χ3n) is 8.68. The number of carbonyl (C=O) groups excluding carboxylic acids is 3. The van der Waals surface area contributed by atoms with Crippen LogP contribution in [0.15, 0.2) is 42.5 Å². The van der Waals surface area contributed by atoms with Crippen molar-refractivity contribution in [1.29, 1.82) is 0 Å². The van der Waals surface area contributed by atoms with E-state index in [2.05, 4.69) is 0 Å². The predicted octanol–water partition coefficient (Wildman–Crippen LogP) is 3.00. The highest BCUT2D eigenvalue weighted by molar-refractivity contribution is 6.06. The Labute approximate surface area is 231 Å². The third kappa shape index (κ3) is 4.42. The van der Waals surface area contributed by atoms with E-state index >= 15 is 0 Å². The molecule has 8 nitrogen and oxygen atoms in total. The van der Waals surface area contributed by atoms with E-state index in [9.17, 15) is 19.5 Å². The predicted molar refractivity (Wildman–Crippen MR) is 149 cm³/mol. The molecule has 2 saturated heterocycles. The van der Waals surface area contributed by atoms with Crippen molar-refractivity contribution in [2.45, 2.75) is 71.2 Å². The summed E-state index contributed by atoms with van der Waals surface area (Å²) in [5.41, 5.74) is 1.48. The molecule has 1 aromatic rings. The van der Waals surface area contributed by atoms with Crippen LogP contribution in [-0.4, -0.2) is 82.7 Å². The maximum atomic E-state index is 14.6. The summed E-state index contributed by atoms with van der Waals surface area (Å²) < 4.78 is 6.73. The van der Waals surface area contributed by atoms with Gasteiger partial charge in [-0.05, 0) is 49.8 Å². The van der Waals surface area contributed by atoms with Gasteiger partial charge >= 0.3 is 0 Å². The number of aliphatic hydroxyl groups is 1. The van der Waals surface area contributed by atoms with Crippen molar-refractivity contribution in [3.8, 4) is 0 Å². The van der Waals surface area contributed by atoms with Crippen molar-refractivity contribution in [2.24, 2.45) is 17.8 Å². The Morgan fingerprint density at radius 1 is 1.08 bits per heavy atom. The molecule has 6 atom stereocenters. The largest absolute Gasteiger partial charge is 0.394 e. The smallest absolute Gasteiger partial charge is 0.253 e. The fourth-order valence-electron chi connectivity index (χ4n) is 7.04. The summed E-state index contributed by atoms with van der Waals surface area (Å²) >= 11 is 0. The Kier molecular flexibility index (Phi) is 7.46. The van der Waals surface area contributed by atoms with E-state index in [0.29, 0.717) is 26.1 Å². The van der Waals surface area contributed by atoms with Gasteiger partial charge in [-0.3, -0.25) is 14.4 Å². The summed E-state index contributed by atoms with van der Waals surface area (Å²) in [6.45, 7) is 11.2. The molecule has 0 aliphatic carbocycles. The minimum Gasteiger partial charge on any atom is -0.394 e. The number of amides is 3. The van der Waals surface area contributed by atoms with Crippen LogP contribution < -0.4 is 4.90 Å². The van der Waals surface area contributed by atoms with E-state index in [1.165, 1.54) is 0 Å². The number of carbonyl (C=O) groups is 3. The Morgan fingerprint density at radius 3 is 2.54 bits per heavy atom. The van der Waals surface area contributed by atoms with E-state index < -0.39 is 35.6 Å². The van der Waals surface area contributed by atoms with Crippen LogP contribution in [0.3, 0.4) is 0 Å². The standard InChI is InChI=1S/C31H41N3O5/c1-6-13-32-14-7-9-24-25(28(32)36)26-29(37)34(22(18-35)16-19(2)3)27-30(38)33(15-8-12-31(26,27)39-24)23-17-20(4)10-11-21(23)5/h7-12,17,19,22,24-27,35H,6,13-16,18H2,1-5H3/t22-,24+,25-,26+,27?,31+/m1/s1. The lowest BCUT2D eigenvalue weighted by Crippen LogP contribution is -2.58. The molecule has 0 radical (unpaired) electrons. The van der Waals surface area contributed by atoms with Gasteiger partial charge in [-0.25, -0.2) is 0 Å². The summed E-state index contributed by atoms with van der Waals surface area (Å²) in [4.78, 5) is 48.1. The number of rotatable bonds is 7. The second kappa shape index (κ2) is 10.5. The number of hydrogen-bond donors (Lipinski definition) is 1. The van der Waals surface area contributed by atoms with Crippen molar-refractivity contribution in [1.82, 2.24) is 9.80 Å². The Hall–Kier alpha value is -2.97. The molecule has 1 aromatic carbocycles. The highest BCUT2D eigenvalue weighted by Gasteiger charge is 2.72. The maximum Gasteiger partial charge on any atom is 0.253 e. The topological polar surface area (TPSA) is 90.4 Å². The fourth-order valence-corrected chi connectivity index (χ4v) is 7.04. The van der Waals surface area contributed by atoms with E-state index in [0.717, 1.165) is 23.2 Å².